The van der Waals surface area contributed by atoms with Crippen LogP contribution >= 0.6 is 0 Å². The lowest BCUT2D eigenvalue weighted by molar-refractivity contribution is -0.164. The first-order valence-corrected chi connectivity index (χ1v) is 14.2. The van der Waals surface area contributed by atoms with E-state index in [4.69, 9.17) is 9.47 Å². The third-order valence-corrected chi connectivity index (χ3v) is 7.91. The third kappa shape index (κ3) is 7.37. The molecule has 0 N–H and O–H groups in total. The monoisotopic (exact) mass is 649 g/mol. The van der Waals surface area contributed by atoms with Crippen molar-refractivity contribution in [3.63, 3.8) is 0 Å². The molecule has 0 bridgehead atoms. The summed E-state index contributed by atoms with van der Waals surface area (Å²) >= 11 is 0. The molecule has 0 aromatic heterocycles. The summed E-state index contributed by atoms with van der Waals surface area (Å²) < 4.78 is 91.0. The van der Waals surface area contributed by atoms with E-state index in [0.29, 0.717) is 17.9 Å². The van der Waals surface area contributed by atoms with Gasteiger partial charge < -0.3 is 19.3 Å². The Bertz CT molecular complexity index is 1550. The van der Waals surface area contributed by atoms with Gasteiger partial charge in [0.1, 0.15) is 25.1 Å². The van der Waals surface area contributed by atoms with Crippen molar-refractivity contribution in [2.45, 2.75) is 50.6 Å². The van der Waals surface area contributed by atoms with E-state index < -0.39 is 54.0 Å². The molecule has 0 radical (unpaired) electrons. The normalized spacial score (nSPS) is 18.8. The fourth-order valence-corrected chi connectivity index (χ4v) is 5.66. The molecule has 1 unspecified atom stereocenters. The van der Waals surface area contributed by atoms with Crippen molar-refractivity contribution >= 4 is 17.9 Å². The van der Waals surface area contributed by atoms with Gasteiger partial charge in [0.25, 0.3) is 0 Å². The van der Waals surface area contributed by atoms with Crippen LogP contribution in [0, 0.1) is 0 Å². The van der Waals surface area contributed by atoms with Crippen LogP contribution < -0.4 is 4.74 Å². The lowest BCUT2D eigenvalue weighted by Gasteiger charge is -2.51. The second-order valence-corrected chi connectivity index (χ2v) is 11.0. The topological polar surface area (TPSA) is 79.4 Å². The average Bonchev–Trinajstić information content (AvgIpc) is 3.01. The molecule has 0 spiro atoms. The highest BCUT2D eigenvalue weighted by molar-refractivity contribution is 5.88. The Labute approximate surface area is 260 Å². The predicted molar refractivity (Wildman–Crippen MR) is 151 cm³/mol. The van der Waals surface area contributed by atoms with Gasteiger partial charge in [0.15, 0.2) is 0 Å². The average molecular weight is 650 g/mol. The molecule has 2 heterocycles. The van der Waals surface area contributed by atoms with Crippen LogP contribution in [0.1, 0.15) is 34.2 Å². The fourth-order valence-electron chi connectivity index (χ4n) is 5.66. The number of halogens is 6. The van der Waals surface area contributed by atoms with Crippen LogP contribution in [0.2, 0.25) is 0 Å². The van der Waals surface area contributed by atoms with E-state index >= 15 is 0 Å². The molecule has 5 rings (SSSR count). The molecule has 14 heteroatoms. The Morgan fingerprint density at radius 3 is 2.04 bits per heavy atom. The molecule has 8 nitrogen and oxygen atoms in total. The van der Waals surface area contributed by atoms with Crippen molar-refractivity contribution in [2.24, 2.45) is 0 Å². The summed E-state index contributed by atoms with van der Waals surface area (Å²) in [6, 6.07) is 16.1. The van der Waals surface area contributed by atoms with Crippen LogP contribution in [0.25, 0.3) is 0 Å². The summed E-state index contributed by atoms with van der Waals surface area (Å²) in [6.45, 7) is -1.17. The van der Waals surface area contributed by atoms with Gasteiger partial charge in [-0.15, -0.1) is 0 Å². The van der Waals surface area contributed by atoms with Gasteiger partial charge >= 0.3 is 18.4 Å². The largest absolute Gasteiger partial charge is 0.497 e. The number of rotatable bonds is 7. The van der Waals surface area contributed by atoms with E-state index in [0.717, 1.165) is 11.1 Å². The number of carbonyl (C=O) groups is 3. The molecule has 0 saturated carbocycles. The first-order chi connectivity index (χ1) is 21.7. The number of hydrogen-bond donors (Lipinski definition) is 0. The molecule has 2 saturated heterocycles. The van der Waals surface area contributed by atoms with Crippen molar-refractivity contribution in [3.05, 3.63) is 101 Å². The van der Waals surface area contributed by atoms with Crippen LogP contribution in [0.3, 0.4) is 0 Å². The highest BCUT2D eigenvalue weighted by atomic mass is 19.4. The van der Waals surface area contributed by atoms with Crippen molar-refractivity contribution in [3.8, 4) is 5.75 Å². The minimum atomic E-state index is -5.07. The quantitative estimate of drug-likeness (QED) is 0.299. The van der Waals surface area contributed by atoms with Gasteiger partial charge in [-0.3, -0.25) is 14.5 Å². The zero-order chi connectivity index (χ0) is 33.2. The molecular formula is C32H29F6N3O5. The molecule has 244 valence electrons. The third-order valence-electron chi connectivity index (χ3n) is 7.91. The zero-order valence-electron chi connectivity index (χ0n) is 24.5. The number of methoxy groups -OCH3 is 1. The summed E-state index contributed by atoms with van der Waals surface area (Å²) in [7, 11) is 1.51. The predicted octanol–water partition coefficient (Wildman–Crippen LogP) is 5.88. The molecular weight excluding hydrogens is 620 g/mol. The van der Waals surface area contributed by atoms with Gasteiger partial charge in [0.2, 0.25) is 11.8 Å². The maximum atomic E-state index is 13.7. The number of hydrogen-bond acceptors (Lipinski definition) is 5. The zero-order valence-corrected chi connectivity index (χ0v) is 24.5. The minimum absolute atomic E-state index is 0.00816. The summed E-state index contributed by atoms with van der Waals surface area (Å²) in [5, 5.41) is 0. The van der Waals surface area contributed by atoms with E-state index in [1.807, 2.05) is 0 Å². The lowest BCUT2D eigenvalue weighted by Crippen LogP contribution is -2.70. The molecule has 2 aliphatic rings. The summed E-state index contributed by atoms with van der Waals surface area (Å²) in [5.41, 5.74) is -2.05. The van der Waals surface area contributed by atoms with Crippen LogP contribution in [0.15, 0.2) is 72.8 Å². The number of piperazine rings is 1. The molecule has 2 aliphatic heterocycles. The summed E-state index contributed by atoms with van der Waals surface area (Å²) in [4.78, 5) is 44.1. The standard InChI is InChI=1S/C32H29F6N3O5/c1-45-26-9-7-21(8-10-26)16-39-17-27-40(18-29(39)43)28(42)15-25(13-20-5-3-2-4-6-20)41(27)30(44)46-19-22-11-23(31(33,34)35)14-24(12-22)32(36,37)38/h2-12,14,25,27H,13,15-19H2,1H3/t25?,27-/m0/s1. The van der Waals surface area contributed by atoms with Crippen LogP contribution in [0.5, 0.6) is 5.75 Å². The Morgan fingerprint density at radius 1 is 0.826 bits per heavy atom. The van der Waals surface area contributed by atoms with Crippen LogP contribution in [0.4, 0.5) is 31.1 Å². The van der Waals surface area contributed by atoms with Gasteiger partial charge in [0.05, 0.1) is 24.8 Å². The first-order valence-electron chi connectivity index (χ1n) is 14.2. The van der Waals surface area contributed by atoms with E-state index in [-0.39, 0.29) is 50.4 Å². The van der Waals surface area contributed by atoms with Gasteiger partial charge in [-0.25, -0.2) is 4.79 Å². The summed E-state index contributed by atoms with van der Waals surface area (Å²) in [6.07, 6.45) is -12.2. The van der Waals surface area contributed by atoms with E-state index in [9.17, 15) is 40.7 Å². The second kappa shape index (κ2) is 12.9. The fraction of sp³-hybridized carbons (Fsp3) is 0.344. The molecule has 3 aromatic carbocycles. The number of benzene rings is 3. The molecule has 0 aliphatic carbocycles. The second-order valence-electron chi connectivity index (χ2n) is 11.0. The van der Waals surface area contributed by atoms with Gasteiger partial charge in [-0.2, -0.15) is 26.3 Å². The Balaban J connectivity index is 1.43. The van der Waals surface area contributed by atoms with Gasteiger partial charge in [0, 0.05) is 19.0 Å². The number of amides is 3. The van der Waals surface area contributed by atoms with Crippen molar-refractivity contribution in [1.82, 2.24) is 14.7 Å². The van der Waals surface area contributed by atoms with Crippen molar-refractivity contribution in [2.75, 3.05) is 20.2 Å². The maximum Gasteiger partial charge on any atom is 0.416 e. The highest BCUT2D eigenvalue weighted by Gasteiger charge is 2.48. The van der Waals surface area contributed by atoms with E-state index in [2.05, 4.69) is 0 Å². The molecule has 2 fully saturated rings. The number of nitrogens with zero attached hydrogens (tertiary/aromatic N) is 3. The number of ether oxygens (including phenoxy) is 2. The molecule has 3 aromatic rings. The van der Waals surface area contributed by atoms with Gasteiger partial charge in [-0.05, 0) is 53.4 Å². The van der Waals surface area contributed by atoms with E-state index in [1.54, 1.807) is 54.6 Å². The number of fused-ring (bicyclic) bond motifs is 1. The van der Waals surface area contributed by atoms with E-state index in [1.165, 1.54) is 21.8 Å². The highest BCUT2D eigenvalue weighted by Crippen LogP contribution is 2.37. The van der Waals surface area contributed by atoms with Crippen LogP contribution in [-0.2, 0) is 46.3 Å². The SMILES string of the molecule is COc1ccc(CN2C[C@H]3N(CC2=O)C(=O)CC(Cc2ccccc2)N3C(=O)OCc2cc(C(F)(F)F)cc(C(F)(F)F)c2)cc1. The number of carbonyl (C=O) groups excluding carboxylic acids is 3. The maximum absolute atomic E-state index is 13.7. The minimum Gasteiger partial charge on any atom is -0.497 e. The molecule has 3 amide bonds. The summed E-state index contributed by atoms with van der Waals surface area (Å²) in [5.74, 6) is -0.127. The lowest BCUT2D eigenvalue weighted by atomic mass is 9.96. The number of alkyl halides is 6. The van der Waals surface area contributed by atoms with Crippen LogP contribution in [-0.4, -0.2) is 65.0 Å². The van der Waals surface area contributed by atoms with Crippen molar-refractivity contribution < 1.29 is 50.2 Å². The molecule has 46 heavy (non-hydrogen) atoms. The Morgan fingerprint density at radius 2 is 1.46 bits per heavy atom. The Hall–Kier alpha value is -4.75. The first kappa shape index (κ1) is 32.6. The van der Waals surface area contributed by atoms with Crippen molar-refractivity contribution in [1.29, 1.82) is 0 Å². The Kier molecular flexibility index (Phi) is 9.17. The smallest absolute Gasteiger partial charge is 0.416 e. The van der Waals surface area contributed by atoms with Gasteiger partial charge in [-0.1, -0.05) is 42.5 Å². The molecule has 2 atom stereocenters.